The minimum atomic E-state index is -2.23. The van der Waals surface area contributed by atoms with Gasteiger partial charge in [0.15, 0.2) is 5.60 Å². The van der Waals surface area contributed by atoms with Crippen LogP contribution in [-0.4, -0.2) is 26.0 Å². The van der Waals surface area contributed by atoms with E-state index in [1.165, 1.54) is 0 Å². The molecule has 5 nitrogen and oxygen atoms in total. The molecule has 32 heavy (non-hydrogen) atoms. The van der Waals surface area contributed by atoms with Crippen molar-refractivity contribution in [1.29, 1.82) is 0 Å². The second kappa shape index (κ2) is 8.61. The molecule has 3 aromatic carbocycles. The van der Waals surface area contributed by atoms with Gasteiger partial charge in [-0.05, 0) is 49.2 Å². The monoisotopic (exact) mass is 446 g/mol. The third-order valence-corrected chi connectivity index (χ3v) is 6.05. The van der Waals surface area contributed by atoms with Crippen LogP contribution in [-0.2, 0) is 10.4 Å². The number of hydrogen-bond acceptors (Lipinski definition) is 3. The molecule has 0 spiro atoms. The third-order valence-electron chi connectivity index (χ3n) is 5.80. The summed E-state index contributed by atoms with van der Waals surface area (Å²) in [6, 6.07) is 25.0. The van der Waals surface area contributed by atoms with Gasteiger partial charge in [0.2, 0.25) is 0 Å². The number of rotatable bonds is 6. The zero-order valence-electron chi connectivity index (χ0n) is 17.7. The molecule has 4 aromatic rings. The highest BCUT2D eigenvalue weighted by molar-refractivity contribution is 6.30. The first-order chi connectivity index (χ1) is 15.3. The Morgan fingerprint density at radius 2 is 1.50 bits per heavy atom. The number of carboxylic acid groups (broad SMARTS) is 1. The summed E-state index contributed by atoms with van der Waals surface area (Å²) in [5.41, 5.74) is 1.60. The second-order valence-electron chi connectivity index (χ2n) is 7.75. The quantitative estimate of drug-likeness (QED) is 0.424. The third kappa shape index (κ3) is 3.70. The molecule has 1 aromatic heterocycles. The Kier molecular flexibility index (Phi) is 5.87. The Bertz CT molecular complexity index is 1240. The van der Waals surface area contributed by atoms with Gasteiger partial charge in [0.25, 0.3) is 0 Å². The zero-order valence-corrected chi connectivity index (χ0v) is 18.5. The van der Waals surface area contributed by atoms with E-state index in [9.17, 15) is 15.0 Å². The minimum absolute atomic E-state index is 0.290. The van der Waals surface area contributed by atoms with Gasteiger partial charge in [0, 0.05) is 16.3 Å². The molecule has 0 fully saturated rings. The van der Waals surface area contributed by atoms with Gasteiger partial charge in [-0.3, -0.25) is 0 Å². The number of aryl methyl sites for hydroxylation is 1. The van der Waals surface area contributed by atoms with Gasteiger partial charge in [-0.25, -0.2) is 9.48 Å². The summed E-state index contributed by atoms with van der Waals surface area (Å²) in [5.74, 6) is -2.26. The van der Waals surface area contributed by atoms with Crippen molar-refractivity contribution in [3.05, 3.63) is 118 Å². The van der Waals surface area contributed by atoms with E-state index >= 15 is 0 Å². The largest absolute Gasteiger partial charge is 0.479 e. The SMILES string of the molecule is Cc1nn(-c2ccccc2)c(C)c1[C@@H](c1ccc(Cl)cc1)[C@@](O)(C(=O)O)c1ccccc1. The molecule has 2 atom stereocenters. The van der Waals surface area contributed by atoms with Crippen molar-refractivity contribution in [3.8, 4) is 5.69 Å². The Balaban J connectivity index is 2.01. The van der Waals surface area contributed by atoms with Crippen molar-refractivity contribution >= 4 is 17.6 Å². The van der Waals surface area contributed by atoms with Crippen molar-refractivity contribution < 1.29 is 15.0 Å². The maximum atomic E-state index is 12.7. The van der Waals surface area contributed by atoms with Crippen LogP contribution in [0.1, 0.15) is 34.0 Å². The van der Waals surface area contributed by atoms with Crippen LogP contribution >= 0.6 is 11.6 Å². The predicted octanol–water partition coefficient (Wildman–Crippen LogP) is 5.25. The smallest absolute Gasteiger partial charge is 0.341 e. The number of nitrogens with zero attached hydrogens (tertiary/aromatic N) is 2. The molecule has 2 N–H and O–H groups in total. The van der Waals surface area contributed by atoms with Crippen molar-refractivity contribution in [2.24, 2.45) is 0 Å². The summed E-state index contributed by atoms with van der Waals surface area (Å²) in [4.78, 5) is 12.7. The summed E-state index contributed by atoms with van der Waals surface area (Å²) < 4.78 is 1.78. The zero-order chi connectivity index (χ0) is 22.9. The number of aromatic nitrogens is 2. The van der Waals surface area contributed by atoms with Gasteiger partial charge >= 0.3 is 5.97 Å². The van der Waals surface area contributed by atoms with Gasteiger partial charge in [-0.15, -0.1) is 0 Å². The lowest BCUT2D eigenvalue weighted by atomic mass is 9.73. The van der Waals surface area contributed by atoms with Crippen LogP contribution in [0.3, 0.4) is 0 Å². The molecule has 0 aliphatic carbocycles. The summed E-state index contributed by atoms with van der Waals surface area (Å²) in [5, 5.41) is 27.4. The van der Waals surface area contributed by atoms with E-state index in [-0.39, 0.29) is 0 Å². The fourth-order valence-electron chi connectivity index (χ4n) is 4.27. The lowest BCUT2D eigenvalue weighted by molar-refractivity contribution is -0.161. The molecule has 0 bridgehead atoms. The first-order valence-electron chi connectivity index (χ1n) is 10.2. The summed E-state index contributed by atoms with van der Waals surface area (Å²) in [7, 11) is 0. The highest BCUT2D eigenvalue weighted by Gasteiger charge is 2.49. The molecule has 6 heteroatoms. The van der Waals surface area contributed by atoms with Crippen molar-refractivity contribution in [2.45, 2.75) is 25.4 Å². The van der Waals surface area contributed by atoms with E-state index in [2.05, 4.69) is 0 Å². The van der Waals surface area contributed by atoms with Crippen LogP contribution in [0.25, 0.3) is 5.69 Å². The fraction of sp³-hybridized carbons (Fsp3) is 0.154. The highest BCUT2D eigenvalue weighted by atomic mass is 35.5. The van der Waals surface area contributed by atoms with Gasteiger partial charge < -0.3 is 10.2 Å². The normalized spacial score (nSPS) is 14.0. The maximum absolute atomic E-state index is 12.7. The second-order valence-corrected chi connectivity index (χ2v) is 8.19. The number of carboxylic acids is 1. The van der Waals surface area contributed by atoms with Gasteiger partial charge in [0.1, 0.15) is 0 Å². The molecule has 0 unspecified atom stereocenters. The summed E-state index contributed by atoms with van der Waals surface area (Å²) in [6.07, 6.45) is 0. The Morgan fingerprint density at radius 1 is 0.938 bits per heavy atom. The Hall–Kier alpha value is -3.41. The van der Waals surface area contributed by atoms with Crippen LogP contribution in [0.2, 0.25) is 5.02 Å². The van der Waals surface area contributed by atoms with Crippen molar-refractivity contribution in [3.63, 3.8) is 0 Å². The van der Waals surface area contributed by atoms with Crippen molar-refractivity contribution in [2.75, 3.05) is 0 Å². The Morgan fingerprint density at radius 3 is 2.06 bits per heavy atom. The maximum Gasteiger partial charge on any atom is 0.341 e. The lowest BCUT2D eigenvalue weighted by Crippen LogP contribution is -2.42. The summed E-state index contributed by atoms with van der Waals surface area (Å²) in [6.45, 7) is 3.72. The van der Waals surface area contributed by atoms with E-state index in [4.69, 9.17) is 16.7 Å². The summed E-state index contributed by atoms with van der Waals surface area (Å²) >= 11 is 6.11. The lowest BCUT2D eigenvalue weighted by Gasteiger charge is -2.34. The number of carbonyl (C=O) groups is 1. The number of hydrogen-bond donors (Lipinski definition) is 2. The number of aliphatic hydroxyl groups is 1. The van der Waals surface area contributed by atoms with E-state index in [1.54, 1.807) is 59.3 Å². The van der Waals surface area contributed by atoms with E-state index < -0.39 is 17.5 Å². The van der Waals surface area contributed by atoms with Crippen LogP contribution in [0.5, 0.6) is 0 Å². The first kappa shape index (κ1) is 21.8. The number of para-hydroxylation sites is 1. The molecule has 0 saturated heterocycles. The topological polar surface area (TPSA) is 75.3 Å². The molecule has 1 heterocycles. The van der Waals surface area contributed by atoms with E-state index in [0.717, 1.165) is 11.4 Å². The Labute approximate surface area is 191 Å². The van der Waals surface area contributed by atoms with Crippen LogP contribution in [0, 0.1) is 13.8 Å². The molecular weight excluding hydrogens is 424 g/mol. The van der Waals surface area contributed by atoms with E-state index in [1.807, 2.05) is 44.2 Å². The molecular formula is C26H23ClN2O3. The average Bonchev–Trinajstić information content (AvgIpc) is 3.10. The molecule has 4 rings (SSSR count). The van der Waals surface area contributed by atoms with E-state index in [0.29, 0.717) is 27.4 Å². The van der Waals surface area contributed by atoms with Gasteiger partial charge in [-0.2, -0.15) is 5.10 Å². The van der Waals surface area contributed by atoms with Crippen LogP contribution < -0.4 is 0 Å². The number of benzene rings is 3. The highest BCUT2D eigenvalue weighted by Crippen LogP contribution is 2.45. The van der Waals surface area contributed by atoms with Gasteiger partial charge in [0.05, 0.1) is 17.3 Å². The standard InChI is InChI=1S/C26H23ClN2O3/c1-17-23(18(2)29(28-17)22-11-7-4-8-12-22)24(19-13-15-21(27)16-14-19)26(32,25(30)31)20-9-5-3-6-10-20/h3-16,24,32H,1-2H3,(H,30,31)/t24-,26-/m1/s1. The number of halogens is 1. The molecule has 0 amide bonds. The number of aliphatic carboxylic acids is 1. The van der Waals surface area contributed by atoms with Gasteiger partial charge in [-0.1, -0.05) is 72.3 Å². The average molecular weight is 447 g/mol. The minimum Gasteiger partial charge on any atom is -0.479 e. The molecule has 0 radical (unpaired) electrons. The van der Waals surface area contributed by atoms with Crippen LogP contribution in [0.4, 0.5) is 0 Å². The molecule has 162 valence electrons. The van der Waals surface area contributed by atoms with Crippen LogP contribution in [0.15, 0.2) is 84.9 Å². The fourth-order valence-corrected chi connectivity index (χ4v) is 4.40. The first-order valence-corrected chi connectivity index (χ1v) is 10.6. The predicted molar refractivity (Wildman–Crippen MR) is 124 cm³/mol. The van der Waals surface area contributed by atoms with Crippen molar-refractivity contribution in [1.82, 2.24) is 9.78 Å². The molecule has 0 aliphatic rings. The molecule has 0 aliphatic heterocycles. The molecule has 0 saturated carbocycles.